The molecule has 6 nitrogen and oxygen atoms in total. The van der Waals surface area contributed by atoms with Crippen molar-refractivity contribution in [2.75, 3.05) is 30.4 Å². The first-order valence-electron chi connectivity index (χ1n) is 5.80. The van der Waals surface area contributed by atoms with E-state index in [9.17, 15) is 0 Å². The first-order valence-corrected chi connectivity index (χ1v) is 5.80. The second-order valence-corrected chi connectivity index (χ2v) is 3.89. The molecule has 2 aromatic rings. The quantitative estimate of drug-likeness (QED) is 0.795. The predicted octanol–water partition coefficient (Wildman–Crippen LogP) is 1.08. The van der Waals surface area contributed by atoms with E-state index >= 15 is 0 Å². The molecule has 96 valence electrons. The summed E-state index contributed by atoms with van der Waals surface area (Å²) in [5, 5.41) is 3.05. The van der Waals surface area contributed by atoms with Crippen LogP contribution in [0.4, 0.5) is 11.8 Å². The van der Waals surface area contributed by atoms with Gasteiger partial charge in [-0.1, -0.05) is 0 Å². The van der Waals surface area contributed by atoms with Gasteiger partial charge in [-0.15, -0.1) is 0 Å². The molecular weight excluding hydrogens is 230 g/mol. The molecular formula is C12H17N5O. The lowest BCUT2D eigenvalue weighted by Gasteiger charge is -2.17. The minimum atomic E-state index is 0.551. The molecule has 0 radical (unpaired) electrons. The fourth-order valence-corrected chi connectivity index (χ4v) is 1.55. The standard InChI is InChI=1S/C12H17N5O/c1-17(9-10-3-2-8-18-10)11-4-6-14-12(16-11)15-7-5-13/h2-4,6,8H,5,7,9,13H2,1H3,(H,14,15,16). The lowest BCUT2D eigenvalue weighted by molar-refractivity contribution is 0.507. The van der Waals surface area contributed by atoms with Crippen molar-refractivity contribution in [2.45, 2.75) is 6.54 Å². The van der Waals surface area contributed by atoms with E-state index < -0.39 is 0 Å². The first kappa shape index (κ1) is 12.4. The van der Waals surface area contributed by atoms with Crippen LogP contribution in [0, 0.1) is 0 Å². The number of nitrogens with one attached hydrogen (secondary N) is 1. The molecule has 0 aliphatic rings. The van der Waals surface area contributed by atoms with Crippen LogP contribution in [-0.4, -0.2) is 30.1 Å². The van der Waals surface area contributed by atoms with E-state index in [1.165, 1.54) is 0 Å². The molecule has 0 saturated heterocycles. The van der Waals surface area contributed by atoms with E-state index in [4.69, 9.17) is 10.2 Å². The normalized spacial score (nSPS) is 10.3. The maximum Gasteiger partial charge on any atom is 0.224 e. The number of anilines is 2. The summed E-state index contributed by atoms with van der Waals surface area (Å²) in [5.74, 6) is 2.32. The number of hydrogen-bond donors (Lipinski definition) is 2. The zero-order valence-corrected chi connectivity index (χ0v) is 10.3. The number of nitrogens with two attached hydrogens (primary N) is 1. The van der Waals surface area contributed by atoms with Gasteiger partial charge < -0.3 is 20.4 Å². The predicted molar refractivity (Wildman–Crippen MR) is 70.4 cm³/mol. The van der Waals surface area contributed by atoms with Gasteiger partial charge in [-0.25, -0.2) is 4.98 Å². The fraction of sp³-hybridized carbons (Fsp3) is 0.333. The third-order valence-corrected chi connectivity index (χ3v) is 2.43. The summed E-state index contributed by atoms with van der Waals surface area (Å²) in [5.41, 5.74) is 5.42. The summed E-state index contributed by atoms with van der Waals surface area (Å²) in [6.07, 6.45) is 3.39. The van der Waals surface area contributed by atoms with Gasteiger partial charge in [0.1, 0.15) is 11.6 Å². The van der Waals surface area contributed by atoms with Gasteiger partial charge in [0, 0.05) is 26.3 Å². The maximum atomic E-state index is 5.42. The molecule has 0 unspecified atom stereocenters. The van der Waals surface area contributed by atoms with Gasteiger partial charge in [0.25, 0.3) is 0 Å². The Morgan fingerprint density at radius 3 is 3.06 bits per heavy atom. The van der Waals surface area contributed by atoms with Crippen LogP contribution in [0.25, 0.3) is 0 Å². The summed E-state index contributed by atoms with van der Waals surface area (Å²) >= 11 is 0. The highest BCUT2D eigenvalue weighted by molar-refractivity contribution is 5.41. The van der Waals surface area contributed by atoms with Gasteiger partial charge in [0.2, 0.25) is 5.95 Å². The van der Waals surface area contributed by atoms with E-state index in [1.807, 2.05) is 30.1 Å². The van der Waals surface area contributed by atoms with Crippen molar-refractivity contribution in [2.24, 2.45) is 5.73 Å². The molecule has 0 aliphatic carbocycles. The average Bonchev–Trinajstić information content (AvgIpc) is 2.89. The molecule has 0 fully saturated rings. The number of aromatic nitrogens is 2. The Morgan fingerprint density at radius 1 is 1.44 bits per heavy atom. The van der Waals surface area contributed by atoms with E-state index in [1.54, 1.807) is 12.5 Å². The highest BCUT2D eigenvalue weighted by atomic mass is 16.3. The number of nitrogens with zero attached hydrogens (tertiary/aromatic N) is 3. The van der Waals surface area contributed by atoms with Gasteiger partial charge in [0.15, 0.2) is 0 Å². The maximum absolute atomic E-state index is 5.42. The Labute approximate surface area is 106 Å². The lowest BCUT2D eigenvalue weighted by atomic mass is 10.4. The summed E-state index contributed by atoms with van der Waals surface area (Å²) in [7, 11) is 1.96. The fourth-order valence-electron chi connectivity index (χ4n) is 1.55. The molecule has 0 aromatic carbocycles. The largest absolute Gasteiger partial charge is 0.467 e. The summed E-state index contributed by atoms with van der Waals surface area (Å²) < 4.78 is 5.30. The number of rotatable bonds is 6. The molecule has 0 saturated carbocycles. The molecule has 2 rings (SSSR count). The Kier molecular flexibility index (Phi) is 4.14. The number of furan rings is 1. The number of hydrogen-bond acceptors (Lipinski definition) is 6. The highest BCUT2D eigenvalue weighted by Gasteiger charge is 2.06. The van der Waals surface area contributed by atoms with Crippen molar-refractivity contribution in [1.82, 2.24) is 9.97 Å². The second-order valence-electron chi connectivity index (χ2n) is 3.89. The molecule has 0 amide bonds. The molecule has 6 heteroatoms. The van der Waals surface area contributed by atoms with Crippen molar-refractivity contribution in [3.63, 3.8) is 0 Å². The van der Waals surface area contributed by atoms with Crippen LogP contribution in [0.1, 0.15) is 5.76 Å². The average molecular weight is 247 g/mol. The Bertz CT molecular complexity index is 471. The molecule has 0 aliphatic heterocycles. The molecule has 0 bridgehead atoms. The molecule has 0 atom stereocenters. The molecule has 18 heavy (non-hydrogen) atoms. The van der Waals surface area contributed by atoms with Gasteiger partial charge in [-0.05, 0) is 18.2 Å². The van der Waals surface area contributed by atoms with Gasteiger partial charge >= 0.3 is 0 Å². The van der Waals surface area contributed by atoms with Gasteiger partial charge in [-0.2, -0.15) is 4.98 Å². The molecule has 2 aromatic heterocycles. The van der Waals surface area contributed by atoms with Crippen LogP contribution in [0.5, 0.6) is 0 Å². The highest BCUT2D eigenvalue weighted by Crippen LogP contribution is 2.13. The Balaban J connectivity index is 2.03. The van der Waals surface area contributed by atoms with Gasteiger partial charge in [0.05, 0.1) is 12.8 Å². The first-order chi connectivity index (χ1) is 8.79. The zero-order chi connectivity index (χ0) is 12.8. The Hall–Kier alpha value is -2.08. The molecule has 3 N–H and O–H groups in total. The van der Waals surface area contributed by atoms with E-state index in [-0.39, 0.29) is 0 Å². The van der Waals surface area contributed by atoms with Crippen molar-refractivity contribution in [3.05, 3.63) is 36.4 Å². The van der Waals surface area contributed by atoms with Crippen LogP contribution in [0.2, 0.25) is 0 Å². The minimum Gasteiger partial charge on any atom is -0.467 e. The van der Waals surface area contributed by atoms with Crippen molar-refractivity contribution in [3.8, 4) is 0 Å². The van der Waals surface area contributed by atoms with Crippen LogP contribution in [0.3, 0.4) is 0 Å². The summed E-state index contributed by atoms with van der Waals surface area (Å²) in [6, 6.07) is 5.67. The minimum absolute atomic E-state index is 0.551. The SMILES string of the molecule is CN(Cc1ccco1)c1ccnc(NCCN)n1. The topological polar surface area (TPSA) is 80.2 Å². The summed E-state index contributed by atoms with van der Waals surface area (Å²) in [6.45, 7) is 1.88. The Morgan fingerprint density at radius 2 is 2.33 bits per heavy atom. The van der Waals surface area contributed by atoms with Crippen LogP contribution < -0.4 is 16.0 Å². The van der Waals surface area contributed by atoms with Crippen LogP contribution >= 0.6 is 0 Å². The molecule has 2 heterocycles. The van der Waals surface area contributed by atoms with Gasteiger partial charge in [-0.3, -0.25) is 0 Å². The van der Waals surface area contributed by atoms with E-state index in [2.05, 4.69) is 15.3 Å². The second kappa shape index (κ2) is 6.02. The zero-order valence-electron chi connectivity index (χ0n) is 10.3. The van der Waals surface area contributed by atoms with Crippen LogP contribution in [-0.2, 0) is 6.54 Å². The summed E-state index contributed by atoms with van der Waals surface area (Å²) in [4.78, 5) is 10.5. The third-order valence-electron chi connectivity index (χ3n) is 2.43. The third kappa shape index (κ3) is 3.21. The van der Waals surface area contributed by atoms with Crippen LogP contribution in [0.15, 0.2) is 35.1 Å². The smallest absolute Gasteiger partial charge is 0.224 e. The lowest BCUT2D eigenvalue weighted by Crippen LogP contribution is -2.19. The van der Waals surface area contributed by atoms with E-state index in [0.717, 1.165) is 11.6 Å². The monoisotopic (exact) mass is 247 g/mol. The van der Waals surface area contributed by atoms with Crippen molar-refractivity contribution in [1.29, 1.82) is 0 Å². The van der Waals surface area contributed by atoms with Crippen molar-refractivity contribution < 1.29 is 4.42 Å². The van der Waals surface area contributed by atoms with Crippen molar-refractivity contribution >= 4 is 11.8 Å². The molecule has 0 spiro atoms. The van der Waals surface area contributed by atoms with E-state index in [0.29, 0.717) is 25.6 Å².